The number of aryl methyl sites for hydroxylation is 2. The van der Waals surface area contributed by atoms with Crippen molar-refractivity contribution >= 4 is 16.7 Å². The monoisotopic (exact) mass is 511 g/mol. The van der Waals surface area contributed by atoms with Gasteiger partial charge in [-0.3, -0.25) is 9.88 Å². The number of anilines is 1. The van der Waals surface area contributed by atoms with Gasteiger partial charge in [0.2, 0.25) is 0 Å². The second kappa shape index (κ2) is 8.71. The van der Waals surface area contributed by atoms with Gasteiger partial charge in [0.15, 0.2) is 11.5 Å². The molecule has 7 rings (SSSR count). The van der Waals surface area contributed by atoms with E-state index < -0.39 is 0 Å². The molecule has 8 heteroatoms. The van der Waals surface area contributed by atoms with Gasteiger partial charge in [-0.25, -0.2) is 4.98 Å². The smallest absolute Gasteiger partial charge is 0.161 e. The summed E-state index contributed by atoms with van der Waals surface area (Å²) in [6.07, 6.45) is 0. The molecular weight excluding hydrogens is 478 g/mol. The minimum atomic E-state index is 0.489. The Hall–Kier alpha value is -3.62. The Kier molecular flexibility index (Phi) is 5.39. The van der Waals surface area contributed by atoms with E-state index in [9.17, 15) is 0 Å². The normalized spacial score (nSPS) is 18.8. The van der Waals surface area contributed by atoms with Crippen molar-refractivity contribution in [2.24, 2.45) is 12.5 Å². The van der Waals surface area contributed by atoms with Gasteiger partial charge in [0, 0.05) is 55.5 Å². The summed E-state index contributed by atoms with van der Waals surface area (Å²) < 4.78 is 18.4. The molecular formula is C30H33N5O3. The van der Waals surface area contributed by atoms with Gasteiger partial charge in [-0.05, 0) is 43.3 Å². The van der Waals surface area contributed by atoms with Crippen LogP contribution >= 0.6 is 0 Å². The van der Waals surface area contributed by atoms with Crippen LogP contribution in [0.15, 0.2) is 48.5 Å². The summed E-state index contributed by atoms with van der Waals surface area (Å²) in [5.41, 5.74) is 7.70. The number of hydrogen-bond donors (Lipinski definition) is 0. The molecule has 3 aliphatic rings. The van der Waals surface area contributed by atoms with Crippen LogP contribution in [0.25, 0.3) is 33.7 Å². The Bertz CT molecular complexity index is 1510. The van der Waals surface area contributed by atoms with Crippen molar-refractivity contribution in [3.05, 3.63) is 54.2 Å². The first-order chi connectivity index (χ1) is 18.5. The molecule has 3 saturated heterocycles. The summed E-state index contributed by atoms with van der Waals surface area (Å²) >= 11 is 0. The van der Waals surface area contributed by atoms with Crippen LogP contribution in [0.2, 0.25) is 0 Å². The van der Waals surface area contributed by atoms with E-state index >= 15 is 0 Å². The number of aromatic nitrogens is 3. The molecule has 3 aliphatic heterocycles. The van der Waals surface area contributed by atoms with E-state index in [1.807, 2.05) is 32.2 Å². The van der Waals surface area contributed by atoms with Crippen molar-refractivity contribution < 1.29 is 14.2 Å². The molecule has 0 saturated carbocycles. The minimum absolute atomic E-state index is 0.489. The first-order valence-corrected chi connectivity index (χ1v) is 13.2. The number of nitrogens with zero attached hydrogens (tertiary/aromatic N) is 5. The highest BCUT2D eigenvalue weighted by Gasteiger charge is 2.53. The lowest BCUT2D eigenvalue weighted by Crippen LogP contribution is -2.75. The second-order valence-electron chi connectivity index (χ2n) is 11.0. The Morgan fingerprint density at radius 3 is 2.24 bits per heavy atom. The third kappa shape index (κ3) is 3.66. The van der Waals surface area contributed by atoms with Gasteiger partial charge in [-0.1, -0.05) is 12.1 Å². The molecule has 38 heavy (non-hydrogen) atoms. The summed E-state index contributed by atoms with van der Waals surface area (Å²) in [5.74, 6) is 2.25. The average Bonchev–Trinajstić information content (AvgIpc) is 3.20. The molecule has 0 radical (unpaired) electrons. The van der Waals surface area contributed by atoms with Gasteiger partial charge in [-0.2, -0.15) is 0 Å². The van der Waals surface area contributed by atoms with E-state index in [-0.39, 0.29) is 0 Å². The topological polar surface area (TPSA) is 64.9 Å². The molecule has 2 aromatic carbocycles. The Morgan fingerprint density at radius 1 is 0.868 bits per heavy atom. The average molecular weight is 512 g/mol. The number of imidazole rings is 1. The number of rotatable bonds is 6. The molecule has 2 aromatic heterocycles. The van der Waals surface area contributed by atoms with Crippen LogP contribution in [-0.2, 0) is 11.8 Å². The molecule has 196 valence electrons. The number of likely N-dealkylation sites (tertiary alicyclic amines) is 1. The summed E-state index contributed by atoms with van der Waals surface area (Å²) in [6, 6.07) is 17.5. The lowest BCUT2D eigenvalue weighted by Gasteiger charge is -2.63. The van der Waals surface area contributed by atoms with E-state index in [4.69, 9.17) is 24.2 Å². The standard InChI is InChI=1S/C30H33N5O3/c1-19-28-25(33(2)29(32-28)21-7-10-26(36-3)27(11-21)37-4)12-24(31-19)20-5-8-22(9-6-20)34-15-30(16-34)17-35(18-30)23-13-38-14-23/h5-12,23H,13-18H2,1-4H3. The Morgan fingerprint density at radius 2 is 1.58 bits per heavy atom. The van der Waals surface area contributed by atoms with Gasteiger partial charge in [-0.15, -0.1) is 0 Å². The van der Waals surface area contributed by atoms with E-state index in [0.717, 1.165) is 65.7 Å². The maximum absolute atomic E-state index is 5.51. The lowest BCUT2D eigenvalue weighted by atomic mass is 9.71. The van der Waals surface area contributed by atoms with Gasteiger partial charge in [0.1, 0.15) is 11.3 Å². The zero-order valence-electron chi connectivity index (χ0n) is 22.4. The fraction of sp³-hybridized carbons (Fsp3) is 0.400. The summed E-state index contributed by atoms with van der Waals surface area (Å²) in [6.45, 7) is 8.58. The van der Waals surface area contributed by atoms with Crippen molar-refractivity contribution in [1.82, 2.24) is 19.4 Å². The zero-order valence-corrected chi connectivity index (χ0v) is 22.4. The Labute approximate surface area is 222 Å². The molecule has 0 aliphatic carbocycles. The molecule has 1 spiro atoms. The highest BCUT2D eigenvalue weighted by molar-refractivity contribution is 5.86. The van der Waals surface area contributed by atoms with Crippen molar-refractivity contribution in [3.63, 3.8) is 0 Å². The zero-order chi connectivity index (χ0) is 26.0. The maximum Gasteiger partial charge on any atom is 0.161 e. The maximum atomic E-state index is 5.51. The molecule has 0 N–H and O–H groups in total. The van der Waals surface area contributed by atoms with Gasteiger partial charge >= 0.3 is 0 Å². The second-order valence-corrected chi connectivity index (χ2v) is 11.0. The van der Waals surface area contributed by atoms with Crippen LogP contribution in [0.5, 0.6) is 11.5 Å². The minimum Gasteiger partial charge on any atom is -0.493 e. The number of methoxy groups -OCH3 is 2. The van der Waals surface area contributed by atoms with E-state index in [1.165, 1.54) is 18.8 Å². The molecule has 0 atom stereocenters. The predicted molar refractivity (Wildman–Crippen MR) is 148 cm³/mol. The van der Waals surface area contributed by atoms with Crippen LogP contribution in [-0.4, -0.2) is 79.1 Å². The van der Waals surface area contributed by atoms with Gasteiger partial charge < -0.3 is 23.7 Å². The summed E-state index contributed by atoms with van der Waals surface area (Å²) in [7, 11) is 5.34. The highest BCUT2D eigenvalue weighted by Crippen LogP contribution is 2.43. The Balaban J connectivity index is 1.11. The van der Waals surface area contributed by atoms with Gasteiger partial charge in [0.25, 0.3) is 0 Å². The molecule has 8 nitrogen and oxygen atoms in total. The van der Waals surface area contributed by atoms with Crippen LogP contribution in [0, 0.1) is 12.3 Å². The molecule has 4 aromatic rings. The first-order valence-electron chi connectivity index (χ1n) is 13.2. The number of fused-ring (bicyclic) bond motifs is 1. The van der Waals surface area contributed by atoms with Crippen molar-refractivity contribution in [2.45, 2.75) is 13.0 Å². The predicted octanol–water partition coefficient (Wildman–Crippen LogP) is 4.15. The van der Waals surface area contributed by atoms with Crippen molar-refractivity contribution in [1.29, 1.82) is 0 Å². The van der Waals surface area contributed by atoms with Crippen LogP contribution in [0.1, 0.15) is 5.69 Å². The van der Waals surface area contributed by atoms with Crippen molar-refractivity contribution in [3.8, 4) is 34.1 Å². The van der Waals surface area contributed by atoms with Crippen molar-refractivity contribution in [2.75, 3.05) is 58.5 Å². The molecule has 0 bridgehead atoms. The largest absolute Gasteiger partial charge is 0.493 e. The lowest BCUT2D eigenvalue weighted by molar-refractivity contribution is -0.137. The summed E-state index contributed by atoms with van der Waals surface area (Å²) in [5, 5.41) is 0. The highest BCUT2D eigenvalue weighted by atomic mass is 16.5. The number of pyridine rings is 1. The number of benzene rings is 2. The third-order valence-electron chi connectivity index (χ3n) is 8.48. The van der Waals surface area contributed by atoms with Gasteiger partial charge in [0.05, 0.1) is 50.4 Å². The summed E-state index contributed by atoms with van der Waals surface area (Å²) in [4.78, 5) is 14.9. The quantitative estimate of drug-likeness (QED) is 0.385. The first kappa shape index (κ1) is 23.5. The van der Waals surface area contributed by atoms with Crippen LogP contribution in [0.4, 0.5) is 5.69 Å². The van der Waals surface area contributed by atoms with E-state index in [0.29, 0.717) is 23.0 Å². The molecule has 0 unspecified atom stereocenters. The van der Waals surface area contributed by atoms with Crippen LogP contribution < -0.4 is 14.4 Å². The SMILES string of the molecule is COc1ccc(-c2nc3c(C)nc(-c4ccc(N5CC6(C5)CN(C5COC5)C6)cc4)cc3n2C)cc1OC. The fourth-order valence-electron chi connectivity index (χ4n) is 6.22. The fourth-order valence-corrected chi connectivity index (χ4v) is 6.22. The van der Waals surface area contributed by atoms with E-state index in [1.54, 1.807) is 14.2 Å². The van der Waals surface area contributed by atoms with Crippen LogP contribution in [0.3, 0.4) is 0 Å². The molecule has 0 amide bonds. The van der Waals surface area contributed by atoms with E-state index in [2.05, 4.69) is 44.7 Å². The molecule has 5 heterocycles. The molecule has 3 fully saturated rings. The number of ether oxygens (including phenoxy) is 3. The third-order valence-corrected chi connectivity index (χ3v) is 8.48. The number of hydrogen-bond acceptors (Lipinski definition) is 7.